The van der Waals surface area contributed by atoms with Crippen LogP contribution in [-0.4, -0.2) is 42.0 Å². The third-order valence-corrected chi connectivity index (χ3v) is 7.25. The number of para-hydroxylation sites is 1. The average molecular weight is 451 g/mol. The van der Waals surface area contributed by atoms with E-state index >= 15 is 0 Å². The van der Waals surface area contributed by atoms with Crippen molar-refractivity contribution in [3.63, 3.8) is 0 Å². The largest absolute Gasteiger partial charge is 0.493 e. The minimum Gasteiger partial charge on any atom is -0.493 e. The molecule has 178 valence electrons. The minimum absolute atomic E-state index is 0.0426. The maximum absolute atomic E-state index is 13.9. The van der Waals surface area contributed by atoms with Crippen LogP contribution >= 0.6 is 0 Å². The zero-order chi connectivity index (χ0) is 23.6. The summed E-state index contributed by atoms with van der Waals surface area (Å²) in [6, 6.07) is 7.98. The predicted molar refractivity (Wildman–Crippen MR) is 132 cm³/mol. The van der Waals surface area contributed by atoms with E-state index in [1.165, 1.54) is 0 Å². The highest BCUT2D eigenvalue weighted by molar-refractivity contribution is 6.12. The third kappa shape index (κ3) is 4.92. The van der Waals surface area contributed by atoms with Crippen molar-refractivity contribution < 1.29 is 14.3 Å². The fourth-order valence-electron chi connectivity index (χ4n) is 5.67. The quantitative estimate of drug-likeness (QED) is 0.523. The highest BCUT2D eigenvalue weighted by Crippen LogP contribution is 2.49. The van der Waals surface area contributed by atoms with Crippen LogP contribution < -0.4 is 4.74 Å². The molecule has 0 spiro atoms. The first-order valence-electron chi connectivity index (χ1n) is 12.6. The van der Waals surface area contributed by atoms with Crippen LogP contribution in [0.15, 0.2) is 40.5 Å². The SMILES string of the molecule is CCCCOc1ccccc1[C@H]1C(C(=O)N2CCCCC2)=C(C)N=C2CC(C)(C)CC(=O)C21. The van der Waals surface area contributed by atoms with Gasteiger partial charge in [0, 0.05) is 48.0 Å². The van der Waals surface area contributed by atoms with Crippen LogP contribution in [0, 0.1) is 11.3 Å². The predicted octanol–water partition coefficient (Wildman–Crippen LogP) is 5.70. The molecular formula is C28H38N2O3. The molecule has 1 aliphatic carbocycles. The van der Waals surface area contributed by atoms with Gasteiger partial charge in [0.05, 0.1) is 12.5 Å². The van der Waals surface area contributed by atoms with Gasteiger partial charge >= 0.3 is 0 Å². The minimum atomic E-state index is -0.388. The molecule has 1 amide bonds. The van der Waals surface area contributed by atoms with E-state index in [-0.39, 0.29) is 28.9 Å². The maximum atomic E-state index is 13.9. The summed E-state index contributed by atoms with van der Waals surface area (Å²) in [6.07, 6.45) is 6.54. The summed E-state index contributed by atoms with van der Waals surface area (Å²) in [7, 11) is 0. The Morgan fingerprint density at radius 2 is 1.85 bits per heavy atom. The molecule has 5 heteroatoms. The Bertz CT molecular complexity index is 969. The van der Waals surface area contributed by atoms with E-state index in [4.69, 9.17) is 9.73 Å². The Morgan fingerprint density at radius 3 is 2.58 bits per heavy atom. The first-order valence-corrected chi connectivity index (χ1v) is 12.6. The first-order chi connectivity index (χ1) is 15.8. The number of aliphatic imine (C=N–C) groups is 1. The highest BCUT2D eigenvalue weighted by atomic mass is 16.5. The number of carbonyl (C=O) groups is 2. The molecular weight excluding hydrogens is 412 g/mol. The molecule has 0 radical (unpaired) electrons. The number of hydrogen-bond donors (Lipinski definition) is 0. The molecule has 1 aromatic rings. The van der Waals surface area contributed by atoms with Crippen molar-refractivity contribution in [3.8, 4) is 5.75 Å². The lowest BCUT2D eigenvalue weighted by Crippen LogP contribution is -2.46. The third-order valence-electron chi connectivity index (χ3n) is 7.25. The van der Waals surface area contributed by atoms with Crippen molar-refractivity contribution >= 4 is 17.4 Å². The number of likely N-dealkylation sites (tertiary alicyclic amines) is 1. The zero-order valence-corrected chi connectivity index (χ0v) is 20.7. The van der Waals surface area contributed by atoms with E-state index in [1.54, 1.807) is 0 Å². The molecule has 1 aromatic carbocycles. The number of fused-ring (bicyclic) bond motifs is 1. The molecule has 3 aliphatic rings. The van der Waals surface area contributed by atoms with E-state index in [1.807, 2.05) is 36.1 Å². The molecule has 1 saturated heterocycles. The van der Waals surface area contributed by atoms with Crippen molar-refractivity contribution in [2.75, 3.05) is 19.7 Å². The summed E-state index contributed by atoms with van der Waals surface area (Å²) < 4.78 is 6.20. The Hall–Kier alpha value is -2.43. The molecule has 2 aliphatic heterocycles. The normalized spacial score (nSPS) is 24.9. The second kappa shape index (κ2) is 9.82. The van der Waals surface area contributed by atoms with Gasteiger partial charge in [-0.3, -0.25) is 14.6 Å². The summed E-state index contributed by atoms with van der Waals surface area (Å²) in [6.45, 7) is 10.5. The standard InChI is InChI=1S/C28H38N2O3/c1-5-6-16-33-23-13-9-8-12-20(23)25-24(27(32)30-14-10-7-11-15-30)19(2)29-21-17-28(3,4)18-22(31)26(21)25/h8-9,12-13,25-26H,5-7,10-11,14-18H2,1-4H3/t25-,26?/m0/s1. The number of ether oxygens (including phenoxy) is 1. The van der Waals surface area contributed by atoms with Crippen molar-refractivity contribution in [2.45, 2.75) is 78.6 Å². The number of nitrogens with zero attached hydrogens (tertiary/aromatic N) is 2. The molecule has 2 atom stereocenters. The molecule has 4 rings (SSSR count). The second-order valence-electron chi connectivity index (χ2n) is 10.6. The highest BCUT2D eigenvalue weighted by Gasteiger charge is 2.48. The fourth-order valence-corrected chi connectivity index (χ4v) is 5.67. The average Bonchev–Trinajstić information content (AvgIpc) is 2.78. The van der Waals surface area contributed by atoms with Gasteiger partial charge in [-0.25, -0.2) is 0 Å². The van der Waals surface area contributed by atoms with Crippen LogP contribution in [0.3, 0.4) is 0 Å². The van der Waals surface area contributed by atoms with Gasteiger partial charge in [-0.05, 0) is 50.5 Å². The van der Waals surface area contributed by atoms with Gasteiger partial charge in [0.1, 0.15) is 11.5 Å². The number of unbranched alkanes of at least 4 members (excludes halogenated alkanes) is 1. The van der Waals surface area contributed by atoms with Crippen molar-refractivity contribution in [1.82, 2.24) is 4.90 Å². The molecule has 5 nitrogen and oxygen atoms in total. The molecule has 0 N–H and O–H groups in total. The lowest BCUT2D eigenvalue weighted by Gasteiger charge is -2.42. The lowest BCUT2D eigenvalue weighted by atomic mass is 9.63. The molecule has 0 aromatic heterocycles. The van der Waals surface area contributed by atoms with Crippen LogP contribution in [0.25, 0.3) is 0 Å². The van der Waals surface area contributed by atoms with Crippen molar-refractivity contribution in [1.29, 1.82) is 0 Å². The first kappa shape index (κ1) is 23.7. The van der Waals surface area contributed by atoms with Crippen LogP contribution in [0.4, 0.5) is 0 Å². The van der Waals surface area contributed by atoms with E-state index in [0.717, 1.165) is 74.3 Å². The Morgan fingerprint density at radius 1 is 1.12 bits per heavy atom. The van der Waals surface area contributed by atoms with Gasteiger partial charge in [-0.15, -0.1) is 0 Å². The zero-order valence-electron chi connectivity index (χ0n) is 20.7. The molecule has 33 heavy (non-hydrogen) atoms. The maximum Gasteiger partial charge on any atom is 0.252 e. The number of carbonyl (C=O) groups excluding carboxylic acids is 2. The van der Waals surface area contributed by atoms with Crippen molar-refractivity contribution in [3.05, 3.63) is 41.1 Å². The number of allylic oxidation sites excluding steroid dienone is 1. The number of amides is 1. The summed E-state index contributed by atoms with van der Waals surface area (Å²) in [5.41, 5.74) is 3.21. The van der Waals surface area contributed by atoms with E-state index in [2.05, 4.69) is 20.8 Å². The monoisotopic (exact) mass is 450 g/mol. The van der Waals surface area contributed by atoms with E-state index in [0.29, 0.717) is 18.6 Å². The van der Waals surface area contributed by atoms with Crippen LogP contribution in [-0.2, 0) is 9.59 Å². The lowest BCUT2D eigenvalue weighted by molar-refractivity contribution is -0.128. The number of rotatable bonds is 6. The van der Waals surface area contributed by atoms with E-state index < -0.39 is 0 Å². The van der Waals surface area contributed by atoms with Gasteiger partial charge in [0.25, 0.3) is 5.91 Å². The Kier molecular flexibility index (Phi) is 7.06. The number of piperidine rings is 1. The fraction of sp³-hybridized carbons (Fsp3) is 0.607. The van der Waals surface area contributed by atoms with Gasteiger partial charge in [-0.1, -0.05) is 45.4 Å². The summed E-state index contributed by atoms with van der Waals surface area (Å²) in [5, 5.41) is 0. The summed E-state index contributed by atoms with van der Waals surface area (Å²) in [4.78, 5) is 34.3. The Balaban J connectivity index is 1.81. The van der Waals surface area contributed by atoms with Crippen LogP contribution in [0.5, 0.6) is 5.75 Å². The summed E-state index contributed by atoms with van der Waals surface area (Å²) >= 11 is 0. The Labute approximate surface area is 198 Å². The number of Topliss-reactive ketones (excluding diaryl/α,β-unsaturated/α-hetero) is 1. The summed E-state index contributed by atoms with van der Waals surface area (Å²) in [5.74, 6) is 0.289. The molecule has 0 bridgehead atoms. The number of benzene rings is 1. The second-order valence-corrected chi connectivity index (χ2v) is 10.6. The van der Waals surface area contributed by atoms with Gasteiger partial charge in [0.15, 0.2) is 0 Å². The van der Waals surface area contributed by atoms with Crippen molar-refractivity contribution in [2.24, 2.45) is 16.3 Å². The van der Waals surface area contributed by atoms with Crippen LogP contribution in [0.1, 0.15) is 84.1 Å². The van der Waals surface area contributed by atoms with Gasteiger partial charge < -0.3 is 9.64 Å². The molecule has 2 heterocycles. The van der Waals surface area contributed by atoms with E-state index in [9.17, 15) is 9.59 Å². The van der Waals surface area contributed by atoms with Gasteiger partial charge in [-0.2, -0.15) is 0 Å². The topological polar surface area (TPSA) is 59.0 Å². The molecule has 2 fully saturated rings. The number of hydrogen-bond acceptors (Lipinski definition) is 4. The van der Waals surface area contributed by atoms with Gasteiger partial charge in [0.2, 0.25) is 0 Å². The smallest absolute Gasteiger partial charge is 0.252 e. The van der Waals surface area contributed by atoms with Crippen LogP contribution in [0.2, 0.25) is 0 Å². The number of ketones is 1. The molecule has 1 saturated carbocycles. The molecule has 1 unspecified atom stereocenters.